The number of halogens is 1. The first-order chi connectivity index (χ1) is 20.4. The first-order valence-electron chi connectivity index (χ1n) is 13.9. The molecule has 214 valence electrons. The Hall–Kier alpha value is -4.61. The van der Waals surface area contributed by atoms with Crippen molar-refractivity contribution in [2.24, 2.45) is 0 Å². The fourth-order valence-electron chi connectivity index (χ4n) is 4.55. The van der Waals surface area contributed by atoms with Crippen molar-refractivity contribution in [1.82, 2.24) is 0 Å². The second-order valence-electron chi connectivity index (χ2n) is 9.77. The van der Waals surface area contributed by atoms with Crippen LogP contribution in [0.5, 0.6) is 5.75 Å². The highest BCUT2D eigenvalue weighted by Crippen LogP contribution is 2.33. The van der Waals surface area contributed by atoms with Gasteiger partial charge in [-0.3, -0.25) is 0 Å². The summed E-state index contributed by atoms with van der Waals surface area (Å²) in [5, 5.41) is 0.691. The predicted molar refractivity (Wildman–Crippen MR) is 170 cm³/mol. The second-order valence-corrected chi connectivity index (χ2v) is 10.2. The SMILES string of the molecule is C=CC(=O)Oc1ccc(-c2ccc(N(Cc3ccc(Cl)cc3)c3ccc(C(CCCC)OC(=O)C=C)cc3)cc2)cc1. The Balaban J connectivity index is 1.61. The van der Waals surface area contributed by atoms with Gasteiger partial charge in [-0.1, -0.05) is 86.6 Å². The molecule has 0 spiro atoms. The molecule has 0 aromatic heterocycles. The summed E-state index contributed by atoms with van der Waals surface area (Å²) in [7, 11) is 0. The summed E-state index contributed by atoms with van der Waals surface area (Å²) in [6.07, 6.45) is 4.74. The van der Waals surface area contributed by atoms with Gasteiger partial charge in [0.2, 0.25) is 0 Å². The van der Waals surface area contributed by atoms with Gasteiger partial charge in [-0.25, -0.2) is 9.59 Å². The van der Waals surface area contributed by atoms with E-state index in [1.165, 1.54) is 6.08 Å². The molecule has 1 unspecified atom stereocenters. The van der Waals surface area contributed by atoms with E-state index in [1.807, 2.05) is 48.5 Å². The Morgan fingerprint density at radius 3 is 1.88 bits per heavy atom. The number of anilines is 2. The average molecular weight is 580 g/mol. The number of benzene rings is 4. The molecule has 0 aliphatic heterocycles. The summed E-state index contributed by atoms with van der Waals surface area (Å²) >= 11 is 6.14. The van der Waals surface area contributed by atoms with Crippen LogP contribution in [0.15, 0.2) is 122 Å². The van der Waals surface area contributed by atoms with E-state index in [-0.39, 0.29) is 6.10 Å². The molecular weight excluding hydrogens is 546 g/mol. The molecule has 0 aliphatic rings. The Morgan fingerprint density at radius 2 is 1.33 bits per heavy atom. The van der Waals surface area contributed by atoms with Crippen LogP contribution < -0.4 is 9.64 Å². The van der Waals surface area contributed by atoms with E-state index in [1.54, 1.807) is 12.1 Å². The lowest BCUT2D eigenvalue weighted by Crippen LogP contribution is -2.17. The number of hydrogen-bond donors (Lipinski definition) is 0. The minimum absolute atomic E-state index is 0.319. The molecule has 0 saturated heterocycles. The molecule has 4 aromatic rings. The summed E-state index contributed by atoms with van der Waals surface area (Å²) in [6, 6.07) is 31.7. The fraction of sp³-hybridized carbons (Fsp3) is 0.167. The molecule has 0 aliphatic carbocycles. The van der Waals surface area contributed by atoms with Gasteiger partial charge in [-0.05, 0) is 83.6 Å². The van der Waals surface area contributed by atoms with Gasteiger partial charge in [-0.2, -0.15) is 0 Å². The smallest absolute Gasteiger partial charge is 0.335 e. The summed E-state index contributed by atoms with van der Waals surface area (Å²) in [6.45, 7) is 9.71. The van der Waals surface area contributed by atoms with Gasteiger partial charge in [0.1, 0.15) is 11.9 Å². The fourth-order valence-corrected chi connectivity index (χ4v) is 4.68. The van der Waals surface area contributed by atoms with Crippen LogP contribution >= 0.6 is 11.6 Å². The maximum atomic E-state index is 12.0. The Labute approximate surface area is 252 Å². The number of nitrogens with zero attached hydrogens (tertiary/aromatic N) is 1. The number of carbonyl (C=O) groups is 2. The molecule has 0 radical (unpaired) electrons. The van der Waals surface area contributed by atoms with E-state index < -0.39 is 11.9 Å². The van der Waals surface area contributed by atoms with Crippen LogP contribution in [0, 0.1) is 0 Å². The van der Waals surface area contributed by atoms with E-state index in [0.717, 1.165) is 59.0 Å². The van der Waals surface area contributed by atoms with Crippen molar-refractivity contribution >= 4 is 34.9 Å². The van der Waals surface area contributed by atoms with Crippen LogP contribution in [0.3, 0.4) is 0 Å². The molecule has 5 nitrogen and oxygen atoms in total. The van der Waals surface area contributed by atoms with Crippen LogP contribution in [0.1, 0.15) is 43.4 Å². The largest absolute Gasteiger partial charge is 0.454 e. The molecular formula is C36H34ClNO4. The number of unbranched alkanes of at least 4 members (excludes halogenated alkanes) is 1. The van der Waals surface area contributed by atoms with Crippen molar-refractivity contribution in [2.75, 3.05) is 4.90 Å². The van der Waals surface area contributed by atoms with E-state index >= 15 is 0 Å². The van der Waals surface area contributed by atoms with Crippen LogP contribution in [-0.4, -0.2) is 11.9 Å². The topological polar surface area (TPSA) is 55.8 Å². The van der Waals surface area contributed by atoms with Crippen LogP contribution in [0.2, 0.25) is 5.02 Å². The Morgan fingerprint density at radius 1 is 0.786 bits per heavy atom. The third-order valence-electron chi connectivity index (χ3n) is 6.83. The second kappa shape index (κ2) is 14.9. The Kier molecular flexibility index (Phi) is 10.7. The lowest BCUT2D eigenvalue weighted by atomic mass is 10.0. The lowest BCUT2D eigenvalue weighted by molar-refractivity contribution is -0.143. The van der Waals surface area contributed by atoms with Gasteiger partial charge in [0.05, 0.1) is 0 Å². The van der Waals surface area contributed by atoms with Crippen molar-refractivity contribution in [3.05, 3.63) is 139 Å². The standard InChI is InChI=1S/C36H34ClNO4/c1-4-7-8-34(42-36(40)6-3)29-13-21-32(22-14-29)38(25-26-9-17-30(37)18-10-26)31-19-11-27(12-20-31)28-15-23-33(24-16-28)41-35(39)5-2/h5-6,9-24,34H,2-4,7-8,25H2,1H3. The number of carbonyl (C=O) groups excluding carboxylic acids is 2. The first kappa shape index (κ1) is 30.4. The normalized spacial score (nSPS) is 11.3. The van der Waals surface area contributed by atoms with E-state index in [2.05, 4.69) is 61.4 Å². The predicted octanol–water partition coefficient (Wildman–Crippen LogP) is 9.40. The molecule has 0 fully saturated rings. The quantitative estimate of drug-likeness (QED) is 0.0897. The van der Waals surface area contributed by atoms with E-state index in [4.69, 9.17) is 21.1 Å². The molecule has 42 heavy (non-hydrogen) atoms. The maximum absolute atomic E-state index is 12.0. The van der Waals surface area contributed by atoms with Gasteiger partial charge in [-0.15, -0.1) is 0 Å². The molecule has 0 heterocycles. The van der Waals surface area contributed by atoms with Crippen molar-refractivity contribution < 1.29 is 19.1 Å². The van der Waals surface area contributed by atoms with Gasteiger partial charge in [0, 0.05) is 35.1 Å². The zero-order valence-corrected chi connectivity index (χ0v) is 24.4. The zero-order valence-electron chi connectivity index (χ0n) is 23.7. The van der Waals surface area contributed by atoms with Gasteiger partial charge < -0.3 is 14.4 Å². The summed E-state index contributed by atoms with van der Waals surface area (Å²) in [5.74, 6) is -0.443. The molecule has 1 atom stereocenters. The number of rotatable bonds is 13. The molecule has 4 aromatic carbocycles. The monoisotopic (exact) mass is 579 g/mol. The summed E-state index contributed by atoms with van der Waals surface area (Å²) in [4.78, 5) is 25.7. The van der Waals surface area contributed by atoms with Gasteiger partial charge in [0.15, 0.2) is 0 Å². The Bertz CT molecular complexity index is 1490. The highest BCUT2D eigenvalue weighted by molar-refractivity contribution is 6.30. The third kappa shape index (κ3) is 8.21. The van der Waals surface area contributed by atoms with Crippen LogP contribution in [-0.2, 0) is 20.9 Å². The van der Waals surface area contributed by atoms with Crippen molar-refractivity contribution in [2.45, 2.75) is 38.8 Å². The first-order valence-corrected chi connectivity index (χ1v) is 14.3. The highest BCUT2D eigenvalue weighted by Gasteiger charge is 2.17. The number of ether oxygens (including phenoxy) is 2. The van der Waals surface area contributed by atoms with Crippen molar-refractivity contribution in [3.63, 3.8) is 0 Å². The van der Waals surface area contributed by atoms with Gasteiger partial charge in [0.25, 0.3) is 0 Å². The van der Waals surface area contributed by atoms with Gasteiger partial charge >= 0.3 is 11.9 Å². The molecule has 0 bridgehead atoms. The van der Waals surface area contributed by atoms with Crippen molar-refractivity contribution in [1.29, 1.82) is 0 Å². The minimum atomic E-state index is -0.491. The molecule has 0 N–H and O–H groups in total. The molecule has 0 saturated carbocycles. The lowest BCUT2D eigenvalue weighted by Gasteiger charge is -2.26. The maximum Gasteiger partial charge on any atom is 0.335 e. The summed E-state index contributed by atoms with van der Waals surface area (Å²) in [5.41, 5.74) is 6.10. The molecule has 6 heteroatoms. The van der Waals surface area contributed by atoms with Crippen molar-refractivity contribution in [3.8, 4) is 16.9 Å². The zero-order chi connectivity index (χ0) is 29.9. The van der Waals surface area contributed by atoms with Crippen LogP contribution in [0.4, 0.5) is 11.4 Å². The highest BCUT2D eigenvalue weighted by atomic mass is 35.5. The van der Waals surface area contributed by atoms with E-state index in [9.17, 15) is 9.59 Å². The average Bonchev–Trinajstić information content (AvgIpc) is 3.03. The third-order valence-corrected chi connectivity index (χ3v) is 7.08. The number of hydrogen-bond acceptors (Lipinski definition) is 5. The number of esters is 2. The molecule has 0 amide bonds. The van der Waals surface area contributed by atoms with E-state index in [0.29, 0.717) is 17.3 Å². The van der Waals surface area contributed by atoms with Crippen LogP contribution in [0.25, 0.3) is 11.1 Å². The summed E-state index contributed by atoms with van der Waals surface area (Å²) < 4.78 is 10.8. The molecule has 4 rings (SSSR count). The minimum Gasteiger partial charge on any atom is -0.454 e.